The van der Waals surface area contributed by atoms with Crippen LogP contribution in [0.4, 0.5) is 0 Å². The van der Waals surface area contributed by atoms with Crippen molar-refractivity contribution in [3.63, 3.8) is 0 Å². The molecule has 3 aliphatic rings. The van der Waals surface area contributed by atoms with E-state index in [-0.39, 0.29) is 11.8 Å². The van der Waals surface area contributed by atoms with E-state index in [1.807, 2.05) is 4.90 Å². The largest absolute Gasteiger partial charge is 0.334 e. The van der Waals surface area contributed by atoms with Crippen LogP contribution in [0, 0.1) is 11.8 Å². The fourth-order valence-corrected chi connectivity index (χ4v) is 4.10. The van der Waals surface area contributed by atoms with Crippen molar-refractivity contribution in [2.45, 2.75) is 38.5 Å². The Bertz CT molecular complexity index is 391. The maximum absolute atomic E-state index is 12.5. The highest BCUT2D eigenvalue weighted by molar-refractivity contribution is 6.34. The second-order valence-electron chi connectivity index (χ2n) is 6.74. The Morgan fingerprint density at radius 1 is 0.762 bits per heavy atom. The minimum atomic E-state index is -0.284. The molecule has 0 aromatic heterocycles. The average molecular weight is 293 g/mol. The third-order valence-electron chi connectivity index (χ3n) is 5.39. The molecule has 1 aliphatic carbocycles. The number of carbonyl (C=O) groups is 2. The molecule has 3 rings (SSSR count). The number of nitrogens with zero attached hydrogens (tertiary/aromatic N) is 2. The second kappa shape index (κ2) is 6.77. The van der Waals surface area contributed by atoms with Gasteiger partial charge in [-0.15, -0.1) is 0 Å². The molecule has 2 atom stereocenters. The van der Waals surface area contributed by atoms with E-state index in [9.17, 15) is 9.59 Å². The van der Waals surface area contributed by atoms with E-state index >= 15 is 0 Å². The molecule has 5 heteroatoms. The van der Waals surface area contributed by atoms with Gasteiger partial charge in [0.05, 0.1) is 0 Å². The Kier molecular flexibility index (Phi) is 4.78. The van der Waals surface area contributed by atoms with E-state index in [4.69, 9.17) is 0 Å². The van der Waals surface area contributed by atoms with Gasteiger partial charge in [-0.3, -0.25) is 9.59 Å². The van der Waals surface area contributed by atoms with Gasteiger partial charge < -0.3 is 15.1 Å². The molecule has 2 saturated heterocycles. The lowest BCUT2D eigenvalue weighted by Gasteiger charge is -2.41. The fraction of sp³-hybridized carbons (Fsp3) is 0.875. The summed E-state index contributed by atoms with van der Waals surface area (Å²) in [6.07, 6.45) is 7.20. The molecule has 2 aliphatic heterocycles. The van der Waals surface area contributed by atoms with Gasteiger partial charge in [-0.2, -0.15) is 0 Å². The molecule has 1 saturated carbocycles. The first-order valence-corrected chi connectivity index (χ1v) is 8.54. The monoisotopic (exact) mass is 293 g/mol. The predicted molar refractivity (Wildman–Crippen MR) is 80.7 cm³/mol. The van der Waals surface area contributed by atoms with Crippen LogP contribution in [0.3, 0.4) is 0 Å². The van der Waals surface area contributed by atoms with Gasteiger partial charge in [-0.25, -0.2) is 0 Å². The smallest absolute Gasteiger partial charge is 0.312 e. The molecule has 3 fully saturated rings. The summed E-state index contributed by atoms with van der Waals surface area (Å²) in [5, 5.41) is 3.27. The molecule has 21 heavy (non-hydrogen) atoms. The van der Waals surface area contributed by atoms with Gasteiger partial charge >= 0.3 is 11.8 Å². The van der Waals surface area contributed by atoms with Crippen molar-refractivity contribution in [3.8, 4) is 0 Å². The van der Waals surface area contributed by atoms with Gasteiger partial charge in [0, 0.05) is 32.7 Å². The Hall–Kier alpha value is -1.10. The third kappa shape index (κ3) is 3.39. The Labute approximate surface area is 127 Å². The molecule has 1 N–H and O–H groups in total. The maximum Gasteiger partial charge on any atom is 0.312 e. The molecule has 0 spiro atoms. The van der Waals surface area contributed by atoms with Crippen molar-refractivity contribution in [1.82, 2.24) is 15.1 Å². The number of fused-ring (bicyclic) bond motifs is 1. The van der Waals surface area contributed by atoms with Crippen LogP contribution in [-0.4, -0.2) is 60.9 Å². The van der Waals surface area contributed by atoms with Gasteiger partial charge in [0.25, 0.3) is 0 Å². The molecule has 2 unspecified atom stereocenters. The number of rotatable bonds is 0. The molecule has 0 aromatic rings. The number of likely N-dealkylation sites (tertiary alicyclic amines) is 1. The molecule has 0 bridgehead atoms. The number of hydrogen-bond acceptors (Lipinski definition) is 3. The first kappa shape index (κ1) is 14.8. The molecule has 2 heterocycles. The molecule has 2 amide bonds. The normalized spacial score (nSPS) is 30.5. The van der Waals surface area contributed by atoms with Gasteiger partial charge in [0.15, 0.2) is 0 Å². The minimum Gasteiger partial charge on any atom is -0.334 e. The van der Waals surface area contributed by atoms with Crippen molar-refractivity contribution < 1.29 is 9.59 Å². The SMILES string of the molecule is O=C(C(=O)N1CCC2CCCCC2C1)N1CCCNCC1. The lowest BCUT2D eigenvalue weighted by molar-refractivity contribution is -0.153. The summed E-state index contributed by atoms with van der Waals surface area (Å²) < 4.78 is 0. The van der Waals surface area contributed by atoms with Gasteiger partial charge in [0.1, 0.15) is 0 Å². The molecule has 118 valence electrons. The summed E-state index contributed by atoms with van der Waals surface area (Å²) in [7, 11) is 0. The third-order valence-corrected chi connectivity index (χ3v) is 5.39. The predicted octanol–water partition coefficient (Wildman–Crippen LogP) is 0.847. The number of hydrogen-bond donors (Lipinski definition) is 1. The van der Waals surface area contributed by atoms with E-state index < -0.39 is 0 Å². The summed E-state index contributed by atoms with van der Waals surface area (Å²) in [5.41, 5.74) is 0. The standard InChI is InChI=1S/C16H27N3O2/c20-15(18-9-3-7-17-8-11-18)16(21)19-10-6-13-4-1-2-5-14(13)12-19/h13-14,17H,1-12H2. The first-order chi connectivity index (χ1) is 10.3. The molecule has 0 aromatic carbocycles. The molecular formula is C16H27N3O2. The van der Waals surface area contributed by atoms with Gasteiger partial charge in [-0.1, -0.05) is 19.3 Å². The number of nitrogens with one attached hydrogen (secondary N) is 1. The van der Waals surface area contributed by atoms with Crippen molar-refractivity contribution >= 4 is 11.8 Å². The zero-order valence-electron chi connectivity index (χ0n) is 12.9. The van der Waals surface area contributed by atoms with Crippen LogP contribution in [0.25, 0.3) is 0 Å². The van der Waals surface area contributed by atoms with Crippen LogP contribution < -0.4 is 5.32 Å². The van der Waals surface area contributed by atoms with Crippen LogP contribution in [0.5, 0.6) is 0 Å². The fourth-order valence-electron chi connectivity index (χ4n) is 4.10. The average Bonchev–Trinajstić information content (AvgIpc) is 2.82. The van der Waals surface area contributed by atoms with Crippen molar-refractivity contribution in [3.05, 3.63) is 0 Å². The van der Waals surface area contributed by atoms with Crippen molar-refractivity contribution in [1.29, 1.82) is 0 Å². The summed E-state index contributed by atoms with van der Waals surface area (Å²) in [6.45, 7) is 4.68. The van der Waals surface area contributed by atoms with Crippen LogP contribution in [0.1, 0.15) is 38.5 Å². The lowest BCUT2D eigenvalue weighted by Crippen LogP contribution is -2.51. The molecule has 5 nitrogen and oxygen atoms in total. The minimum absolute atomic E-state index is 0.263. The van der Waals surface area contributed by atoms with Crippen LogP contribution in [0.2, 0.25) is 0 Å². The summed E-state index contributed by atoms with van der Waals surface area (Å²) in [6, 6.07) is 0. The highest BCUT2D eigenvalue weighted by Crippen LogP contribution is 2.36. The maximum atomic E-state index is 12.5. The van der Waals surface area contributed by atoms with Gasteiger partial charge in [-0.05, 0) is 37.6 Å². The van der Waals surface area contributed by atoms with Crippen molar-refractivity contribution in [2.75, 3.05) is 39.3 Å². The number of amides is 2. The zero-order chi connectivity index (χ0) is 14.7. The first-order valence-electron chi connectivity index (χ1n) is 8.54. The topological polar surface area (TPSA) is 52.7 Å². The lowest BCUT2D eigenvalue weighted by atomic mass is 9.75. The Morgan fingerprint density at radius 2 is 1.52 bits per heavy atom. The van der Waals surface area contributed by atoms with E-state index in [1.165, 1.54) is 25.7 Å². The summed E-state index contributed by atoms with van der Waals surface area (Å²) in [4.78, 5) is 28.5. The Balaban J connectivity index is 1.58. The highest BCUT2D eigenvalue weighted by Gasteiger charge is 2.36. The van der Waals surface area contributed by atoms with E-state index in [0.29, 0.717) is 19.0 Å². The van der Waals surface area contributed by atoms with Crippen molar-refractivity contribution in [2.24, 2.45) is 11.8 Å². The summed E-state index contributed by atoms with van der Waals surface area (Å²) >= 11 is 0. The number of carbonyl (C=O) groups excluding carboxylic acids is 2. The zero-order valence-corrected chi connectivity index (χ0v) is 12.9. The number of piperidine rings is 1. The van der Waals surface area contributed by atoms with Crippen LogP contribution >= 0.6 is 0 Å². The van der Waals surface area contributed by atoms with E-state index in [1.54, 1.807) is 4.90 Å². The van der Waals surface area contributed by atoms with E-state index in [0.717, 1.165) is 44.9 Å². The van der Waals surface area contributed by atoms with Crippen LogP contribution in [-0.2, 0) is 9.59 Å². The van der Waals surface area contributed by atoms with E-state index in [2.05, 4.69) is 5.32 Å². The second-order valence-corrected chi connectivity index (χ2v) is 6.74. The van der Waals surface area contributed by atoms with Crippen LogP contribution in [0.15, 0.2) is 0 Å². The molecular weight excluding hydrogens is 266 g/mol. The van der Waals surface area contributed by atoms with Gasteiger partial charge in [0.2, 0.25) is 0 Å². The Morgan fingerprint density at radius 3 is 2.38 bits per heavy atom. The summed E-state index contributed by atoms with van der Waals surface area (Å²) in [5.74, 6) is 0.879. The highest BCUT2D eigenvalue weighted by atomic mass is 16.2. The quantitative estimate of drug-likeness (QED) is 0.674. The molecule has 0 radical (unpaired) electrons.